The number of hydrogen-bond acceptors (Lipinski definition) is 4. The number of fused-ring (bicyclic) bond motifs is 1. The molecule has 1 aromatic carbocycles. The van der Waals surface area contributed by atoms with E-state index in [1.807, 2.05) is 26.8 Å². The van der Waals surface area contributed by atoms with E-state index in [0.29, 0.717) is 18.9 Å². The molecule has 1 N–H and O–H groups in total. The largest absolute Gasteiger partial charge is 0.497 e. The van der Waals surface area contributed by atoms with Gasteiger partial charge in [0.1, 0.15) is 11.4 Å². The quantitative estimate of drug-likeness (QED) is 0.844. The second-order valence-corrected chi connectivity index (χ2v) is 9.78. The Hall–Kier alpha value is -2.24. The first-order valence-electron chi connectivity index (χ1n) is 10.6. The third-order valence-corrected chi connectivity index (χ3v) is 6.94. The number of hydrogen-bond donors (Lipinski definition) is 1. The van der Waals surface area contributed by atoms with Gasteiger partial charge in [-0.2, -0.15) is 0 Å². The average Bonchev–Trinajstić information content (AvgIpc) is 3.06. The first kappa shape index (κ1) is 20.0. The Balaban J connectivity index is 1.62. The second-order valence-electron chi connectivity index (χ2n) is 9.78. The molecule has 158 valence electrons. The topological polar surface area (TPSA) is 67.9 Å². The van der Waals surface area contributed by atoms with Crippen LogP contribution < -0.4 is 10.1 Å². The molecular formula is C23H32N2O4. The van der Waals surface area contributed by atoms with Gasteiger partial charge in [-0.1, -0.05) is 13.0 Å². The second kappa shape index (κ2) is 6.92. The van der Waals surface area contributed by atoms with Crippen LogP contribution in [0.15, 0.2) is 18.2 Å². The van der Waals surface area contributed by atoms with Crippen LogP contribution in [0.1, 0.15) is 51.7 Å². The standard InChI is InChI=1S/C23H32N2O4/c1-14-12-23-18-7-6-16(28-5)10-15(18)8-9-25(23)20(26)11-19(23)17(14)13-24-21(27)29-22(2,3)4/h6-7,10,14,17,19H,8-9,11-13H2,1-5H3,(H,24,27)/t14-,17+,19-,23-/m0/s1. The van der Waals surface area contributed by atoms with E-state index < -0.39 is 5.60 Å². The third kappa shape index (κ3) is 3.26. The van der Waals surface area contributed by atoms with Crippen molar-refractivity contribution in [2.45, 2.75) is 58.1 Å². The van der Waals surface area contributed by atoms with Crippen molar-refractivity contribution >= 4 is 12.0 Å². The van der Waals surface area contributed by atoms with Crippen LogP contribution in [-0.2, 0) is 21.5 Å². The first-order chi connectivity index (χ1) is 13.7. The van der Waals surface area contributed by atoms with E-state index >= 15 is 0 Å². The molecule has 0 unspecified atom stereocenters. The summed E-state index contributed by atoms with van der Waals surface area (Å²) in [6, 6.07) is 6.29. The van der Waals surface area contributed by atoms with Crippen molar-refractivity contribution in [1.82, 2.24) is 10.2 Å². The Bertz CT molecular complexity index is 831. The summed E-state index contributed by atoms with van der Waals surface area (Å²) in [6.07, 6.45) is 1.96. The van der Waals surface area contributed by atoms with Crippen LogP contribution in [0.3, 0.4) is 0 Å². The molecule has 4 atom stereocenters. The molecule has 3 aliphatic rings. The van der Waals surface area contributed by atoms with Crippen molar-refractivity contribution in [1.29, 1.82) is 0 Å². The van der Waals surface area contributed by atoms with E-state index in [-0.39, 0.29) is 29.4 Å². The van der Waals surface area contributed by atoms with Gasteiger partial charge >= 0.3 is 6.09 Å². The minimum absolute atomic E-state index is 0.201. The number of ether oxygens (including phenoxy) is 2. The molecule has 29 heavy (non-hydrogen) atoms. The maximum atomic E-state index is 12.9. The van der Waals surface area contributed by atoms with Gasteiger partial charge in [-0.25, -0.2) is 4.79 Å². The number of benzene rings is 1. The molecule has 6 nitrogen and oxygen atoms in total. The van der Waals surface area contributed by atoms with Crippen molar-refractivity contribution in [3.8, 4) is 5.75 Å². The molecule has 1 spiro atoms. The van der Waals surface area contributed by atoms with E-state index in [1.165, 1.54) is 11.1 Å². The molecule has 2 amide bonds. The molecule has 1 aliphatic carbocycles. The van der Waals surface area contributed by atoms with Gasteiger partial charge in [-0.3, -0.25) is 4.79 Å². The van der Waals surface area contributed by atoms with Crippen molar-refractivity contribution in [2.24, 2.45) is 17.8 Å². The van der Waals surface area contributed by atoms with Crippen molar-refractivity contribution in [3.05, 3.63) is 29.3 Å². The number of carbonyl (C=O) groups is 2. The molecule has 0 bridgehead atoms. The van der Waals surface area contributed by atoms with E-state index in [4.69, 9.17) is 9.47 Å². The van der Waals surface area contributed by atoms with Crippen molar-refractivity contribution in [3.63, 3.8) is 0 Å². The van der Waals surface area contributed by atoms with E-state index in [2.05, 4.69) is 29.3 Å². The normalized spacial score (nSPS) is 30.4. The number of nitrogens with zero attached hydrogens (tertiary/aromatic N) is 1. The lowest BCUT2D eigenvalue weighted by Gasteiger charge is -2.44. The highest BCUT2D eigenvalue weighted by atomic mass is 16.6. The monoisotopic (exact) mass is 400 g/mol. The molecule has 1 saturated heterocycles. The highest BCUT2D eigenvalue weighted by Crippen LogP contribution is 2.60. The highest BCUT2D eigenvalue weighted by Gasteiger charge is 2.63. The average molecular weight is 401 g/mol. The number of rotatable bonds is 3. The molecule has 1 saturated carbocycles. The highest BCUT2D eigenvalue weighted by molar-refractivity contribution is 5.82. The maximum absolute atomic E-state index is 12.9. The summed E-state index contributed by atoms with van der Waals surface area (Å²) in [5.41, 5.74) is 1.78. The number of methoxy groups -OCH3 is 1. The minimum atomic E-state index is -0.520. The molecule has 6 heteroatoms. The van der Waals surface area contributed by atoms with Crippen molar-refractivity contribution in [2.75, 3.05) is 20.2 Å². The molecule has 2 heterocycles. The smallest absolute Gasteiger partial charge is 0.407 e. The predicted octanol–water partition coefficient (Wildman–Crippen LogP) is 3.48. The molecular weight excluding hydrogens is 368 g/mol. The van der Waals surface area contributed by atoms with Gasteiger partial charge < -0.3 is 19.7 Å². The van der Waals surface area contributed by atoms with Crippen LogP contribution in [0.2, 0.25) is 0 Å². The van der Waals surface area contributed by atoms with Crippen LogP contribution in [0.25, 0.3) is 0 Å². The van der Waals surface area contributed by atoms with Gasteiger partial charge in [-0.15, -0.1) is 0 Å². The van der Waals surface area contributed by atoms with Gasteiger partial charge in [0.15, 0.2) is 0 Å². The summed E-state index contributed by atoms with van der Waals surface area (Å²) < 4.78 is 10.8. The lowest BCUT2D eigenvalue weighted by molar-refractivity contribution is -0.132. The summed E-state index contributed by atoms with van der Waals surface area (Å²) >= 11 is 0. The lowest BCUT2D eigenvalue weighted by atomic mass is 9.74. The Kier molecular flexibility index (Phi) is 4.79. The predicted molar refractivity (Wildman–Crippen MR) is 110 cm³/mol. The van der Waals surface area contributed by atoms with E-state index in [0.717, 1.165) is 25.1 Å². The summed E-state index contributed by atoms with van der Waals surface area (Å²) in [5, 5.41) is 2.96. The Morgan fingerprint density at radius 1 is 1.34 bits per heavy atom. The number of nitrogens with one attached hydrogen (secondary N) is 1. The summed E-state index contributed by atoms with van der Waals surface area (Å²) in [5.74, 6) is 1.95. The fourth-order valence-corrected chi connectivity index (χ4v) is 5.89. The van der Waals surface area contributed by atoms with Crippen LogP contribution in [-0.4, -0.2) is 42.7 Å². The van der Waals surface area contributed by atoms with Gasteiger partial charge in [0.2, 0.25) is 5.91 Å². The Morgan fingerprint density at radius 2 is 2.10 bits per heavy atom. The zero-order valence-electron chi connectivity index (χ0n) is 18.1. The van der Waals surface area contributed by atoms with E-state index in [9.17, 15) is 9.59 Å². The van der Waals surface area contributed by atoms with Gasteiger partial charge in [-0.05, 0) is 74.6 Å². The molecule has 0 radical (unpaired) electrons. The Morgan fingerprint density at radius 3 is 2.79 bits per heavy atom. The molecule has 2 aliphatic heterocycles. The number of carbonyl (C=O) groups excluding carboxylic acids is 2. The molecule has 0 aromatic heterocycles. The summed E-state index contributed by atoms with van der Waals surface area (Å²) in [7, 11) is 1.69. The number of alkyl carbamates (subject to hydrolysis) is 1. The Labute approximate surface area is 172 Å². The van der Waals surface area contributed by atoms with Crippen LogP contribution >= 0.6 is 0 Å². The SMILES string of the molecule is COc1ccc2c(c1)CCN1C(=O)C[C@H]3[C@H](CNC(=O)OC(C)(C)C)[C@@H](C)C[C@]231. The van der Waals surface area contributed by atoms with Crippen LogP contribution in [0.5, 0.6) is 5.75 Å². The fourth-order valence-electron chi connectivity index (χ4n) is 5.89. The zero-order chi connectivity index (χ0) is 21.0. The lowest BCUT2D eigenvalue weighted by Crippen LogP contribution is -2.49. The molecule has 2 fully saturated rings. The van der Waals surface area contributed by atoms with Crippen molar-refractivity contribution < 1.29 is 19.1 Å². The van der Waals surface area contributed by atoms with Gasteiger partial charge in [0.25, 0.3) is 0 Å². The van der Waals surface area contributed by atoms with Crippen LogP contribution in [0.4, 0.5) is 4.79 Å². The van der Waals surface area contributed by atoms with E-state index in [1.54, 1.807) is 7.11 Å². The van der Waals surface area contributed by atoms with Gasteiger partial charge in [0.05, 0.1) is 12.6 Å². The summed E-state index contributed by atoms with van der Waals surface area (Å²) in [6.45, 7) is 9.13. The molecule has 4 rings (SSSR count). The minimum Gasteiger partial charge on any atom is -0.497 e. The fraction of sp³-hybridized carbons (Fsp3) is 0.652. The van der Waals surface area contributed by atoms with Gasteiger partial charge in [0, 0.05) is 19.5 Å². The zero-order valence-corrected chi connectivity index (χ0v) is 18.1. The third-order valence-electron chi connectivity index (χ3n) is 6.94. The maximum Gasteiger partial charge on any atom is 0.407 e. The molecule has 1 aromatic rings. The van der Waals surface area contributed by atoms with Crippen LogP contribution in [0, 0.1) is 17.8 Å². The first-order valence-corrected chi connectivity index (χ1v) is 10.6. The summed E-state index contributed by atoms with van der Waals surface area (Å²) in [4.78, 5) is 27.2. The number of amides is 2.